The van der Waals surface area contributed by atoms with Gasteiger partial charge in [0.1, 0.15) is 10.7 Å². The van der Waals surface area contributed by atoms with Gasteiger partial charge in [0.15, 0.2) is 4.34 Å². The standard InChI is InChI=1S/C24H24N4O3S2/c1-15-8-10-18(11-9-15)28-13-17(12-20(28)30)22(31)27-23-21(16-6-4-3-5-7-16)26-24(33-23)32-14-19(29)25-2/h3-11,17H,12-14H2,1-2H3,(H,25,29)(H,27,31). The number of hydrogen-bond donors (Lipinski definition) is 2. The third kappa shape index (κ3) is 5.43. The molecule has 0 spiro atoms. The normalized spacial score (nSPS) is 15.5. The molecule has 0 aliphatic carbocycles. The van der Waals surface area contributed by atoms with Crippen molar-refractivity contribution in [2.45, 2.75) is 17.7 Å². The maximum absolute atomic E-state index is 13.1. The highest BCUT2D eigenvalue weighted by Crippen LogP contribution is 2.38. The lowest BCUT2D eigenvalue weighted by Gasteiger charge is -2.17. The van der Waals surface area contributed by atoms with E-state index in [1.54, 1.807) is 11.9 Å². The number of benzene rings is 2. The van der Waals surface area contributed by atoms with E-state index in [2.05, 4.69) is 15.6 Å². The van der Waals surface area contributed by atoms with E-state index in [1.165, 1.54) is 23.1 Å². The Morgan fingerprint density at radius 2 is 1.88 bits per heavy atom. The van der Waals surface area contributed by atoms with Crippen molar-refractivity contribution in [3.63, 3.8) is 0 Å². The Balaban J connectivity index is 1.52. The first-order valence-electron chi connectivity index (χ1n) is 10.5. The Morgan fingerprint density at radius 3 is 2.58 bits per heavy atom. The Labute approximate surface area is 200 Å². The second-order valence-corrected chi connectivity index (χ2v) is 9.94. The molecule has 1 unspecified atom stereocenters. The van der Waals surface area contributed by atoms with Gasteiger partial charge in [0.05, 0.1) is 11.7 Å². The number of carbonyl (C=O) groups is 3. The molecule has 9 heteroatoms. The van der Waals surface area contributed by atoms with Crippen molar-refractivity contribution in [1.29, 1.82) is 0 Å². The predicted molar refractivity (Wildman–Crippen MR) is 133 cm³/mol. The van der Waals surface area contributed by atoms with Gasteiger partial charge in [0, 0.05) is 31.3 Å². The number of amides is 3. The van der Waals surface area contributed by atoms with Gasteiger partial charge in [-0.05, 0) is 19.1 Å². The van der Waals surface area contributed by atoms with Crippen LogP contribution in [0.3, 0.4) is 0 Å². The van der Waals surface area contributed by atoms with Crippen molar-refractivity contribution >= 4 is 51.5 Å². The second-order valence-electron chi connectivity index (χ2n) is 7.72. The number of nitrogens with zero attached hydrogens (tertiary/aromatic N) is 2. The number of rotatable bonds is 7. The average molecular weight is 481 g/mol. The first-order chi connectivity index (χ1) is 15.9. The molecule has 1 saturated heterocycles. The van der Waals surface area contributed by atoms with Crippen molar-refractivity contribution in [3.05, 3.63) is 60.2 Å². The molecule has 1 aliphatic rings. The molecule has 2 N–H and O–H groups in total. The fraction of sp³-hybridized carbons (Fsp3) is 0.250. The monoisotopic (exact) mass is 480 g/mol. The first kappa shape index (κ1) is 23.0. The zero-order chi connectivity index (χ0) is 23.4. The van der Waals surface area contributed by atoms with Crippen LogP contribution in [0.1, 0.15) is 12.0 Å². The SMILES string of the molecule is CNC(=O)CSc1nc(-c2ccccc2)c(NC(=O)C2CC(=O)N(c3ccc(C)cc3)C2)s1. The van der Waals surface area contributed by atoms with Crippen molar-refractivity contribution in [2.75, 3.05) is 29.6 Å². The Bertz CT molecular complexity index is 1160. The highest BCUT2D eigenvalue weighted by Gasteiger charge is 2.35. The van der Waals surface area contributed by atoms with Crippen LogP contribution in [-0.2, 0) is 14.4 Å². The number of anilines is 2. The van der Waals surface area contributed by atoms with Crippen LogP contribution >= 0.6 is 23.1 Å². The van der Waals surface area contributed by atoms with E-state index < -0.39 is 5.92 Å². The molecule has 0 saturated carbocycles. The molecule has 1 aromatic heterocycles. The van der Waals surface area contributed by atoms with Crippen LogP contribution in [0.2, 0.25) is 0 Å². The highest BCUT2D eigenvalue weighted by atomic mass is 32.2. The summed E-state index contributed by atoms with van der Waals surface area (Å²) in [6.07, 6.45) is 0.164. The number of thiazole rings is 1. The summed E-state index contributed by atoms with van der Waals surface area (Å²) < 4.78 is 0.691. The van der Waals surface area contributed by atoms with E-state index in [9.17, 15) is 14.4 Å². The Kier molecular flexibility index (Phi) is 7.10. The van der Waals surface area contributed by atoms with E-state index in [4.69, 9.17) is 0 Å². The van der Waals surface area contributed by atoms with Crippen LogP contribution in [0.4, 0.5) is 10.7 Å². The van der Waals surface area contributed by atoms with E-state index in [-0.39, 0.29) is 29.9 Å². The Morgan fingerprint density at radius 1 is 1.15 bits per heavy atom. The maximum Gasteiger partial charge on any atom is 0.230 e. The summed E-state index contributed by atoms with van der Waals surface area (Å²) in [5.41, 5.74) is 3.45. The average Bonchev–Trinajstić information content (AvgIpc) is 3.42. The zero-order valence-electron chi connectivity index (χ0n) is 18.3. The Hall–Kier alpha value is -3.17. The third-order valence-corrected chi connectivity index (χ3v) is 7.45. The summed E-state index contributed by atoms with van der Waals surface area (Å²) in [7, 11) is 1.59. The van der Waals surface area contributed by atoms with Gasteiger partial charge in [-0.2, -0.15) is 0 Å². The number of carbonyl (C=O) groups excluding carboxylic acids is 3. The van der Waals surface area contributed by atoms with Gasteiger partial charge < -0.3 is 15.5 Å². The topological polar surface area (TPSA) is 91.4 Å². The van der Waals surface area contributed by atoms with Crippen LogP contribution in [0, 0.1) is 12.8 Å². The molecule has 33 heavy (non-hydrogen) atoms. The number of hydrogen-bond acceptors (Lipinski definition) is 6. The molecular formula is C24H24N4O3S2. The van der Waals surface area contributed by atoms with E-state index in [1.807, 2.05) is 61.5 Å². The molecule has 0 radical (unpaired) electrons. The number of nitrogens with one attached hydrogen (secondary N) is 2. The smallest absolute Gasteiger partial charge is 0.230 e. The quantitative estimate of drug-likeness (QED) is 0.500. The van der Waals surface area contributed by atoms with Gasteiger partial charge in [-0.25, -0.2) is 4.98 Å². The summed E-state index contributed by atoms with van der Waals surface area (Å²) >= 11 is 2.66. The molecule has 2 heterocycles. The van der Waals surface area contributed by atoms with Crippen molar-refractivity contribution in [3.8, 4) is 11.3 Å². The van der Waals surface area contributed by atoms with Crippen LogP contribution in [0.15, 0.2) is 58.9 Å². The van der Waals surface area contributed by atoms with Crippen LogP contribution in [-0.4, -0.2) is 42.1 Å². The molecule has 1 atom stereocenters. The fourth-order valence-electron chi connectivity index (χ4n) is 3.51. The molecule has 1 aliphatic heterocycles. The summed E-state index contributed by atoms with van der Waals surface area (Å²) in [5, 5.41) is 6.21. The highest BCUT2D eigenvalue weighted by molar-refractivity contribution is 8.01. The lowest BCUT2D eigenvalue weighted by molar-refractivity contribution is -0.122. The molecule has 2 aromatic carbocycles. The van der Waals surface area contributed by atoms with Crippen LogP contribution in [0.5, 0.6) is 0 Å². The van der Waals surface area contributed by atoms with Crippen molar-refractivity contribution in [2.24, 2.45) is 5.92 Å². The van der Waals surface area contributed by atoms with Gasteiger partial charge in [0.2, 0.25) is 17.7 Å². The van der Waals surface area contributed by atoms with E-state index in [0.29, 0.717) is 21.6 Å². The second kappa shape index (κ2) is 10.2. The van der Waals surface area contributed by atoms with E-state index in [0.717, 1.165) is 16.8 Å². The molecule has 7 nitrogen and oxygen atoms in total. The summed E-state index contributed by atoms with van der Waals surface area (Å²) in [6.45, 7) is 2.33. The van der Waals surface area contributed by atoms with Crippen LogP contribution < -0.4 is 15.5 Å². The predicted octanol–water partition coefficient (Wildman–Crippen LogP) is 3.95. The van der Waals surface area contributed by atoms with Crippen LogP contribution in [0.25, 0.3) is 11.3 Å². The third-order valence-electron chi connectivity index (χ3n) is 5.34. The van der Waals surface area contributed by atoms with Gasteiger partial charge in [-0.1, -0.05) is 71.1 Å². The largest absolute Gasteiger partial charge is 0.358 e. The molecule has 170 valence electrons. The summed E-state index contributed by atoms with van der Waals surface area (Å²) in [4.78, 5) is 43.7. The van der Waals surface area contributed by atoms with Crippen molar-refractivity contribution in [1.82, 2.24) is 10.3 Å². The van der Waals surface area contributed by atoms with Gasteiger partial charge in [-0.15, -0.1) is 0 Å². The molecule has 1 fully saturated rings. The molecular weight excluding hydrogens is 456 g/mol. The maximum atomic E-state index is 13.1. The fourth-order valence-corrected chi connectivity index (χ4v) is 5.45. The lowest BCUT2D eigenvalue weighted by Crippen LogP contribution is -2.28. The first-order valence-corrected chi connectivity index (χ1v) is 12.3. The molecule has 3 amide bonds. The van der Waals surface area contributed by atoms with Gasteiger partial charge in [0.25, 0.3) is 0 Å². The summed E-state index contributed by atoms with van der Waals surface area (Å²) in [6, 6.07) is 17.3. The molecule has 0 bridgehead atoms. The number of aromatic nitrogens is 1. The number of thioether (sulfide) groups is 1. The van der Waals surface area contributed by atoms with Gasteiger partial charge in [-0.3, -0.25) is 14.4 Å². The van der Waals surface area contributed by atoms with Crippen molar-refractivity contribution < 1.29 is 14.4 Å². The molecule has 3 aromatic rings. The summed E-state index contributed by atoms with van der Waals surface area (Å²) in [5.74, 6) is -0.571. The minimum absolute atomic E-state index is 0.0617. The zero-order valence-corrected chi connectivity index (χ0v) is 20.0. The molecule has 4 rings (SSSR count). The number of aryl methyl sites for hydroxylation is 1. The minimum atomic E-state index is -0.452. The lowest BCUT2D eigenvalue weighted by atomic mass is 10.1. The van der Waals surface area contributed by atoms with Gasteiger partial charge >= 0.3 is 0 Å². The minimum Gasteiger partial charge on any atom is -0.358 e. The van der Waals surface area contributed by atoms with E-state index >= 15 is 0 Å².